The lowest BCUT2D eigenvalue weighted by molar-refractivity contribution is -0.155. The normalized spacial score (nSPS) is 12.8. The summed E-state index contributed by atoms with van der Waals surface area (Å²) < 4.78 is 5.65. The summed E-state index contributed by atoms with van der Waals surface area (Å²) in [4.78, 5) is 14.5. The number of benzene rings is 1. The number of ether oxygens (including phenoxy) is 1. The number of hydrogen-bond donors (Lipinski definition) is 0. The van der Waals surface area contributed by atoms with Gasteiger partial charge in [0.25, 0.3) is 0 Å². The Morgan fingerprint density at radius 3 is 2.04 bits per heavy atom. The monoisotopic (exact) mass is 377 g/mol. The molecule has 0 aliphatic carbocycles. The Morgan fingerprint density at radius 1 is 1.08 bits per heavy atom. The number of rotatable bonds is 11. The van der Waals surface area contributed by atoms with E-state index >= 15 is 0 Å². The molecule has 0 heterocycles. The molecule has 1 rings (SSSR count). The summed E-state index contributed by atoms with van der Waals surface area (Å²) in [7, 11) is 0. The van der Waals surface area contributed by atoms with Crippen LogP contribution < -0.4 is 0 Å². The minimum Gasteiger partial charge on any atom is -0.442 e. The third-order valence-electron chi connectivity index (χ3n) is 4.00. The van der Waals surface area contributed by atoms with Crippen LogP contribution in [0.15, 0.2) is 62.2 Å². The molecule has 144 valence electrons. The maximum absolute atomic E-state index is 12.5. The largest absolute Gasteiger partial charge is 0.442 e. The molecule has 4 heteroatoms. The van der Waals surface area contributed by atoms with Gasteiger partial charge in [0.1, 0.15) is 0 Å². The van der Waals surface area contributed by atoms with Crippen LogP contribution in [0.1, 0.15) is 37.8 Å². The van der Waals surface area contributed by atoms with E-state index in [1.165, 1.54) is 5.56 Å². The SMILES string of the molecule is C=CCN(CC=C)C(C=C)OC(=O)C(C)c1ccc(CC(C)C)cc1.Cl. The van der Waals surface area contributed by atoms with Crippen LogP contribution in [0.3, 0.4) is 0 Å². The van der Waals surface area contributed by atoms with Crippen molar-refractivity contribution in [3.8, 4) is 0 Å². The second kappa shape index (κ2) is 12.5. The van der Waals surface area contributed by atoms with E-state index in [1.54, 1.807) is 18.2 Å². The molecule has 0 radical (unpaired) electrons. The van der Waals surface area contributed by atoms with Gasteiger partial charge in [-0.2, -0.15) is 0 Å². The van der Waals surface area contributed by atoms with Crippen molar-refractivity contribution >= 4 is 18.4 Å². The highest BCUT2D eigenvalue weighted by atomic mass is 35.5. The molecule has 26 heavy (non-hydrogen) atoms. The van der Waals surface area contributed by atoms with E-state index in [-0.39, 0.29) is 24.3 Å². The molecule has 0 N–H and O–H groups in total. The van der Waals surface area contributed by atoms with E-state index in [4.69, 9.17) is 4.74 Å². The number of hydrogen-bond acceptors (Lipinski definition) is 3. The summed E-state index contributed by atoms with van der Waals surface area (Å²) in [6, 6.07) is 8.20. The molecule has 0 aromatic heterocycles. The molecular weight excluding hydrogens is 346 g/mol. The summed E-state index contributed by atoms with van der Waals surface area (Å²) in [5.74, 6) is 0.0202. The molecule has 0 saturated carbocycles. The molecule has 2 atom stereocenters. The van der Waals surface area contributed by atoms with Crippen molar-refractivity contribution in [2.24, 2.45) is 5.92 Å². The van der Waals surface area contributed by atoms with Gasteiger partial charge in [0.05, 0.1) is 5.92 Å². The number of carbonyl (C=O) groups is 1. The fraction of sp³-hybridized carbons (Fsp3) is 0.409. The molecule has 0 amide bonds. The molecule has 0 spiro atoms. The van der Waals surface area contributed by atoms with Gasteiger partial charge < -0.3 is 4.74 Å². The lowest BCUT2D eigenvalue weighted by Gasteiger charge is -2.28. The highest BCUT2D eigenvalue weighted by Gasteiger charge is 2.23. The average Bonchev–Trinajstić information content (AvgIpc) is 2.59. The third-order valence-corrected chi connectivity index (χ3v) is 4.00. The number of nitrogens with zero attached hydrogens (tertiary/aromatic N) is 1. The highest BCUT2D eigenvalue weighted by Crippen LogP contribution is 2.20. The second-order valence-electron chi connectivity index (χ2n) is 6.66. The second-order valence-corrected chi connectivity index (χ2v) is 6.66. The van der Waals surface area contributed by atoms with Gasteiger partial charge in [0, 0.05) is 13.1 Å². The van der Waals surface area contributed by atoms with Crippen molar-refractivity contribution in [1.82, 2.24) is 4.90 Å². The smallest absolute Gasteiger partial charge is 0.314 e. The number of carbonyl (C=O) groups excluding carboxylic acids is 1. The molecule has 1 aromatic carbocycles. The van der Waals surface area contributed by atoms with Crippen LogP contribution in [0.2, 0.25) is 0 Å². The molecule has 2 unspecified atom stereocenters. The molecule has 0 aliphatic heterocycles. The Morgan fingerprint density at radius 2 is 1.62 bits per heavy atom. The van der Waals surface area contributed by atoms with Gasteiger partial charge in [-0.15, -0.1) is 25.6 Å². The predicted molar refractivity (Wildman–Crippen MR) is 113 cm³/mol. The first-order chi connectivity index (χ1) is 11.9. The van der Waals surface area contributed by atoms with E-state index in [0.29, 0.717) is 19.0 Å². The summed E-state index contributed by atoms with van der Waals surface area (Å²) in [5, 5.41) is 0. The van der Waals surface area contributed by atoms with Gasteiger partial charge in [-0.3, -0.25) is 9.69 Å². The molecule has 3 nitrogen and oxygen atoms in total. The Labute approximate surface area is 164 Å². The van der Waals surface area contributed by atoms with E-state index in [0.717, 1.165) is 12.0 Å². The number of halogens is 1. The van der Waals surface area contributed by atoms with Crippen LogP contribution in [0, 0.1) is 5.92 Å². The highest BCUT2D eigenvalue weighted by molar-refractivity contribution is 5.85. The van der Waals surface area contributed by atoms with Crippen molar-refractivity contribution in [3.05, 3.63) is 73.4 Å². The molecular formula is C22H32ClNO2. The van der Waals surface area contributed by atoms with Gasteiger partial charge >= 0.3 is 5.97 Å². The Balaban J connectivity index is 0.00000625. The fourth-order valence-corrected chi connectivity index (χ4v) is 2.66. The van der Waals surface area contributed by atoms with E-state index < -0.39 is 6.23 Å². The zero-order valence-electron chi connectivity index (χ0n) is 16.2. The summed E-state index contributed by atoms with van der Waals surface area (Å²) in [6.45, 7) is 18.7. The Bertz CT molecular complexity index is 570. The predicted octanol–water partition coefficient (Wildman–Crippen LogP) is 5.14. The van der Waals surface area contributed by atoms with Crippen molar-refractivity contribution in [2.45, 2.75) is 39.3 Å². The van der Waals surface area contributed by atoms with Crippen LogP contribution in [0.5, 0.6) is 0 Å². The topological polar surface area (TPSA) is 29.5 Å². The fourth-order valence-electron chi connectivity index (χ4n) is 2.66. The lowest BCUT2D eigenvalue weighted by atomic mass is 9.97. The summed E-state index contributed by atoms with van der Waals surface area (Å²) in [6.07, 6.45) is 5.71. The van der Waals surface area contributed by atoms with E-state index in [2.05, 4.69) is 45.7 Å². The Kier molecular flexibility index (Phi) is 11.6. The first-order valence-corrected chi connectivity index (χ1v) is 8.80. The van der Waals surface area contributed by atoms with Crippen molar-refractivity contribution in [1.29, 1.82) is 0 Å². The number of esters is 1. The first-order valence-electron chi connectivity index (χ1n) is 8.80. The molecule has 0 bridgehead atoms. The third kappa shape index (κ3) is 7.59. The van der Waals surface area contributed by atoms with Crippen molar-refractivity contribution in [2.75, 3.05) is 13.1 Å². The van der Waals surface area contributed by atoms with Crippen LogP contribution in [-0.4, -0.2) is 30.2 Å². The van der Waals surface area contributed by atoms with Crippen LogP contribution in [-0.2, 0) is 16.0 Å². The van der Waals surface area contributed by atoms with E-state index in [9.17, 15) is 4.79 Å². The minimum absolute atomic E-state index is 0. The zero-order valence-corrected chi connectivity index (χ0v) is 17.0. The molecule has 0 aliphatic rings. The summed E-state index contributed by atoms with van der Waals surface area (Å²) >= 11 is 0. The maximum Gasteiger partial charge on any atom is 0.314 e. The standard InChI is InChI=1S/C22H31NO2.ClH/c1-7-14-23(15-8-2)21(9-3)25-22(24)18(6)20-12-10-19(11-13-20)16-17(4)5;/h7-13,17-18,21H,1-3,14-16H2,4-6H3;1H. The quantitative estimate of drug-likeness (QED) is 0.304. The van der Waals surface area contributed by atoms with Gasteiger partial charge in [-0.1, -0.05) is 56.8 Å². The van der Waals surface area contributed by atoms with E-state index in [1.807, 2.05) is 24.0 Å². The molecule has 0 fully saturated rings. The molecule has 0 saturated heterocycles. The zero-order chi connectivity index (χ0) is 18.8. The Hall–Kier alpha value is -1.84. The van der Waals surface area contributed by atoms with Crippen molar-refractivity contribution in [3.63, 3.8) is 0 Å². The maximum atomic E-state index is 12.5. The van der Waals surface area contributed by atoms with Gasteiger partial charge in [0.2, 0.25) is 0 Å². The van der Waals surface area contributed by atoms with Crippen LogP contribution >= 0.6 is 12.4 Å². The van der Waals surface area contributed by atoms with Crippen molar-refractivity contribution < 1.29 is 9.53 Å². The first kappa shape index (κ1) is 24.2. The van der Waals surface area contributed by atoms with Crippen LogP contribution in [0.4, 0.5) is 0 Å². The van der Waals surface area contributed by atoms with Gasteiger partial charge in [-0.25, -0.2) is 0 Å². The average molecular weight is 378 g/mol. The van der Waals surface area contributed by atoms with Gasteiger partial charge in [-0.05, 0) is 36.5 Å². The minimum atomic E-state index is -0.494. The van der Waals surface area contributed by atoms with Gasteiger partial charge in [0.15, 0.2) is 6.23 Å². The lowest BCUT2D eigenvalue weighted by Crippen LogP contribution is -2.38. The molecule has 1 aromatic rings. The van der Waals surface area contributed by atoms with Crippen LogP contribution in [0.25, 0.3) is 0 Å². The summed E-state index contributed by atoms with van der Waals surface area (Å²) in [5.41, 5.74) is 2.24.